The van der Waals surface area contributed by atoms with Gasteiger partial charge in [-0.3, -0.25) is 4.79 Å². The lowest BCUT2D eigenvalue weighted by molar-refractivity contribution is -0.121. The topological polar surface area (TPSA) is 91.2 Å². The molecule has 0 radical (unpaired) electrons. The zero-order valence-corrected chi connectivity index (χ0v) is 13.3. The van der Waals surface area contributed by atoms with Crippen LogP contribution < -0.4 is 10.2 Å². The van der Waals surface area contributed by atoms with E-state index in [4.69, 9.17) is 4.74 Å². The summed E-state index contributed by atoms with van der Waals surface area (Å²) in [7, 11) is 1.45. The van der Waals surface area contributed by atoms with Crippen LogP contribution in [0.4, 0.5) is 0 Å². The molecule has 0 heterocycles. The molecule has 0 saturated carbocycles. The van der Waals surface area contributed by atoms with Crippen molar-refractivity contribution < 1.29 is 19.7 Å². The number of phenolic OH excluding ortho intramolecular Hbond substituents is 1. The highest BCUT2D eigenvalue weighted by Crippen LogP contribution is 2.25. The minimum Gasteiger partial charge on any atom is -0.504 e. The van der Waals surface area contributed by atoms with Gasteiger partial charge in [0.15, 0.2) is 11.5 Å². The summed E-state index contributed by atoms with van der Waals surface area (Å²) in [5.41, 5.74) is 3.86. The predicted octanol–water partition coefficient (Wildman–Crippen LogP) is 2.36. The first-order valence-corrected chi connectivity index (χ1v) is 7.52. The molecule has 0 fully saturated rings. The molecule has 126 valence electrons. The zero-order chi connectivity index (χ0) is 17.4. The molecule has 3 N–H and O–H groups in total. The van der Waals surface area contributed by atoms with Gasteiger partial charge >= 0.3 is 0 Å². The average molecular weight is 328 g/mol. The fourth-order valence-electron chi connectivity index (χ4n) is 2.12. The number of nitrogens with zero attached hydrogens (tertiary/aromatic N) is 1. The number of benzene rings is 2. The molecule has 2 aromatic carbocycles. The summed E-state index contributed by atoms with van der Waals surface area (Å²) in [5.74, 6) is 0.0804. The van der Waals surface area contributed by atoms with Crippen molar-refractivity contribution in [2.45, 2.75) is 18.9 Å². The van der Waals surface area contributed by atoms with Crippen molar-refractivity contribution in [3.05, 3.63) is 59.7 Å². The van der Waals surface area contributed by atoms with Gasteiger partial charge in [-0.25, -0.2) is 5.43 Å². The number of carbonyl (C=O) groups excluding carboxylic acids is 1. The van der Waals surface area contributed by atoms with Crippen LogP contribution in [0.2, 0.25) is 0 Å². The molecule has 2 aromatic rings. The molecule has 0 aliphatic rings. The van der Waals surface area contributed by atoms with Crippen LogP contribution in [0.15, 0.2) is 53.6 Å². The number of aromatic hydroxyl groups is 1. The van der Waals surface area contributed by atoms with E-state index in [0.717, 1.165) is 5.56 Å². The van der Waals surface area contributed by atoms with Crippen LogP contribution in [-0.4, -0.2) is 29.4 Å². The van der Waals surface area contributed by atoms with Crippen molar-refractivity contribution in [2.24, 2.45) is 5.10 Å². The summed E-state index contributed by atoms with van der Waals surface area (Å²) >= 11 is 0. The van der Waals surface area contributed by atoms with Crippen LogP contribution in [0.1, 0.15) is 30.1 Å². The second-order valence-electron chi connectivity index (χ2n) is 5.19. The molecule has 0 aliphatic heterocycles. The van der Waals surface area contributed by atoms with Gasteiger partial charge in [-0.15, -0.1) is 0 Å². The molecule has 6 heteroatoms. The van der Waals surface area contributed by atoms with Crippen molar-refractivity contribution >= 4 is 12.1 Å². The van der Waals surface area contributed by atoms with E-state index in [2.05, 4.69) is 10.5 Å². The maximum Gasteiger partial charge on any atom is 0.240 e. The van der Waals surface area contributed by atoms with Crippen molar-refractivity contribution in [1.82, 2.24) is 5.43 Å². The molecule has 24 heavy (non-hydrogen) atoms. The minimum absolute atomic E-state index is 0.0357. The highest BCUT2D eigenvalue weighted by molar-refractivity contribution is 5.83. The first kappa shape index (κ1) is 17.5. The second kappa shape index (κ2) is 8.69. The Kier molecular flexibility index (Phi) is 6.33. The number of rotatable bonds is 7. The average Bonchev–Trinajstić information content (AvgIpc) is 2.61. The lowest BCUT2D eigenvalue weighted by Crippen LogP contribution is -2.18. The van der Waals surface area contributed by atoms with Crippen LogP contribution in [0.3, 0.4) is 0 Å². The zero-order valence-electron chi connectivity index (χ0n) is 13.3. The molecule has 1 amide bonds. The molecule has 0 aromatic heterocycles. The Morgan fingerprint density at radius 3 is 2.75 bits per heavy atom. The molecule has 0 aliphatic carbocycles. The molecule has 0 spiro atoms. The summed E-state index contributed by atoms with van der Waals surface area (Å²) in [5, 5.41) is 23.4. The smallest absolute Gasteiger partial charge is 0.240 e. The standard InChI is InChI=1S/C18H20N2O4/c1-24-17-11-13(7-8-16(17)22)12-19-20-18(23)10-9-15(21)14-5-3-2-4-6-14/h2-8,11-12,15,21-22H,9-10H2,1H3,(H,20,23)/b19-12-/t15-/m0/s1. The van der Waals surface area contributed by atoms with Crippen molar-refractivity contribution in [1.29, 1.82) is 0 Å². The normalized spacial score (nSPS) is 12.1. The van der Waals surface area contributed by atoms with Gasteiger partial charge in [0, 0.05) is 6.42 Å². The third-order valence-electron chi connectivity index (χ3n) is 3.44. The number of phenols is 1. The SMILES string of the molecule is COc1cc(/C=N\NC(=O)CC[C@H](O)c2ccccc2)ccc1O. The Bertz CT molecular complexity index is 701. The number of hydrazone groups is 1. The largest absolute Gasteiger partial charge is 0.504 e. The van der Waals surface area contributed by atoms with Gasteiger partial charge in [-0.2, -0.15) is 5.10 Å². The number of nitrogens with one attached hydrogen (secondary N) is 1. The van der Waals surface area contributed by atoms with Crippen LogP contribution in [0.5, 0.6) is 11.5 Å². The van der Waals surface area contributed by atoms with Gasteiger partial charge in [0.25, 0.3) is 0 Å². The lowest BCUT2D eigenvalue weighted by atomic mass is 10.1. The van der Waals surface area contributed by atoms with Gasteiger partial charge in [-0.05, 0) is 35.7 Å². The van der Waals surface area contributed by atoms with E-state index in [1.54, 1.807) is 12.1 Å². The van der Waals surface area contributed by atoms with Crippen molar-refractivity contribution in [2.75, 3.05) is 7.11 Å². The highest BCUT2D eigenvalue weighted by atomic mass is 16.5. The molecule has 1 atom stereocenters. The summed E-state index contributed by atoms with van der Waals surface area (Å²) in [6.07, 6.45) is 1.25. The number of hydrogen-bond donors (Lipinski definition) is 3. The van der Waals surface area contributed by atoms with E-state index in [1.807, 2.05) is 30.3 Å². The third-order valence-corrected chi connectivity index (χ3v) is 3.44. The van der Waals surface area contributed by atoms with E-state index in [9.17, 15) is 15.0 Å². The molecule has 0 unspecified atom stereocenters. The van der Waals surface area contributed by atoms with Crippen LogP contribution in [0, 0.1) is 0 Å². The summed E-state index contributed by atoms with van der Waals surface area (Å²) in [4.78, 5) is 11.7. The fraction of sp³-hybridized carbons (Fsp3) is 0.222. The first-order valence-electron chi connectivity index (χ1n) is 7.52. The van der Waals surface area contributed by atoms with E-state index in [-0.39, 0.29) is 18.1 Å². The Balaban J connectivity index is 1.80. The monoisotopic (exact) mass is 328 g/mol. The first-order chi connectivity index (χ1) is 11.6. The Hall–Kier alpha value is -2.86. The maximum atomic E-state index is 11.7. The lowest BCUT2D eigenvalue weighted by Gasteiger charge is -2.09. The molecule has 0 bridgehead atoms. The Labute approximate surface area is 140 Å². The van der Waals surface area contributed by atoms with Crippen molar-refractivity contribution in [3.8, 4) is 11.5 Å². The van der Waals surface area contributed by atoms with Gasteiger partial charge in [0.2, 0.25) is 5.91 Å². The van der Waals surface area contributed by atoms with Crippen LogP contribution >= 0.6 is 0 Å². The Morgan fingerprint density at radius 2 is 2.04 bits per heavy atom. The molecular weight excluding hydrogens is 308 g/mol. The van der Waals surface area contributed by atoms with E-state index in [0.29, 0.717) is 17.7 Å². The van der Waals surface area contributed by atoms with E-state index in [1.165, 1.54) is 19.4 Å². The van der Waals surface area contributed by atoms with Gasteiger partial charge in [0.1, 0.15) is 0 Å². The third kappa shape index (κ3) is 5.10. The van der Waals surface area contributed by atoms with Gasteiger partial charge < -0.3 is 14.9 Å². The summed E-state index contributed by atoms with van der Waals surface area (Å²) < 4.78 is 4.99. The number of carbonyl (C=O) groups is 1. The number of methoxy groups -OCH3 is 1. The summed E-state index contributed by atoms with van der Waals surface area (Å²) in [6.45, 7) is 0. The van der Waals surface area contributed by atoms with Crippen LogP contribution in [0.25, 0.3) is 0 Å². The maximum absolute atomic E-state index is 11.7. The Morgan fingerprint density at radius 1 is 1.29 bits per heavy atom. The number of amides is 1. The fourth-order valence-corrected chi connectivity index (χ4v) is 2.12. The highest BCUT2D eigenvalue weighted by Gasteiger charge is 2.09. The number of aliphatic hydroxyl groups is 1. The quantitative estimate of drug-likeness (QED) is 0.537. The summed E-state index contributed by atoms with van der Waals surface area (Å²) in [6, 6.07) is 13.9. The molecular formula is C18H20N2O4. The number of hydrogen-bond acceptors (Lipinski definition) is 5. The minimum atomic E-state index is -0.678. The van der Waals surface area contributed by atoms with Crippen molar-refractivity contribution in [3.63, 3.8) is 0 Å². The number of ether oxygens (including phenoxy) is 1. The molecule has 0 saturated heterocycles. The van der Waals surface area contributed by atoms with Gasteiger partial charge in [0.05, 0.1) is 19.4 Å². The number of aliphatic hydroxyl groups excluding tert-OH is 1. The predicted molar refractivity (Wildman–Crippen MR) is 91.0 cm³/mol. The molecule has 6 nitrogen and oxygen atoms in total. The van der Waals surface area contributed by atoms with E-state index < -0.39 is 6.10 Å². The second-order valence-corrected chi connectivity index (χ2v) is 5.19. The van der Waals surface area contributed by atoms with E-state index >= 15 is 0 Å². The van der Waals surface area contributed by atoms with Crippen LogP contribution in [-0.2, 0) is 4.79 Å². The van der Waals surface area contributed by atoms with Gasteiger partial charge in [-0.1, -0.05) is 30.3 Å². The molecule has 2 rings (SSSR count).